The number of aromatic nitrogens is 3. The summed E-state index contributed by atoms with van der Waals surface area (Å²) in [5.41, 5.74) is 3.94. The third kappa shape index (κ3) is 4.36. The van der Waals surface area contributed by atoms with Gasteiger partial charge < -0.3 is 10.1 Å². The predicted molar refractivity (Wildman–Crippen MR) is 88.9 cm³/mol. The van der Waals surface area contributed by atoms with E-state index in [2.05, 4.69) is 26.8 Å². The van der Waals surface area contributed by atoms with Crippen LogP contribution in [0.2, 0.25) is 0 Å². The maximum atomic E-state index is 5.49. The summed E-state index contributed by atoms with van der Waals surface area (Å²) in [6.45, 7) is 11.6. The van der Waals surface area contributed by atoms with Crippen LogP contribution in [0.1, 0.15) is 18.2 Å². The van der Waals surface area contributed by atoms with E-state index in [1.54, 1.807) is 12.4 Å². The topological polar surface area (TPSA) is 59.9 Å². The minimum Gasteiger partial charge on any atom is -0.375 e. The molecule has 116 valence electrons. The molecule has 0 radical (unpaired) electrons. The molecule has 0 aliphatic carbocycles. The number of aryl methyl sites for hydroxylation is 1. The van der Waals surface area contributed by atoms with Crippen molar-refractivity contribution in [3.05, 3.63) is 47.9 Å². The van der Waals surface area contributed by atoms with E-state index in [-0.39, 0.29) is 0 Å². The van der Waals surface area contributed by atoms with Gasteiger partial charge >= 0.3 is 0 Å². The highest BCUT2D eigenvalue weighted by Crippen LogP contribution is 2.20. The molecular weight excluding hydrogens is 276 g/mol. The molecule has 22 heavy (non-hydrogen) atoms. The highest BCUT2D eigenvalue weighted by Gasteiger charge is 2.09. The summed E-state index contributed by atoms with van der Waals surface area (Å²) >= 11 is 0. The zero-order valence-electron chi connectivity index (χ0n) is 13.4. The number of ether oxygens (including phenoxy) is 1. The Morgan fingerprint density at radius 3 is 2.82 bits per heavy atom. The van der Waals surface area contributed by atoms with E-state index in [1.807, 2.05) is 32.9 Å². The minimum atomic E-state index is 0.588. The molecule has 0 saturated heterocycles. The van der Waals surface area contributed by atoms with Crippen molar-refractivity contribution >= 4 is 5.82 Å². The van der Waals surface area contributed by atoms with Gasteiger partial charge in [0.25, 0.3) is 0 Å². The average Bonchev–Trinajstić information content (AvgIpc) is 2.51. The van der Waals surface area contributed by atoms with Gasteiger partial charge in [-0.25, -0.2) is 9.97 Å². The summed E-state index contributed by atoms with van der Waals surface area (Å²) in [5, 5.41) is 3.31. The average molecular weight is 298 g/mol. The van der Waals surface area contributed by atoms with Gasteiger partial charge in [0.2, 0.25) is 0 Å². The molecule has 0 bridgehead atoms. The Morgan fingerprint density at radius 2 is 2.14 bits per heavy atom. The summed E-state index contributed by atoms with van der Waals surface area (Å²) < 4.78 is 5.49. The lowest BCUT2D eigenvalue weighted by atomic mass is 10.2. The van der Waals surface area contributed by atoms with Crippen LogP contribution >= 0.6 is 0 Å². The van der Waals surface area contributed by atoms with Crippen LogP contribution in [0.15, 0.2) is 36.7 Å². The quantitative estimate of drug-likeness (QED) is 0.628. The first kappa shape index (κ1) is 16.1. The van der Waals surface area contributed by atoms with Gasteiger partial charge in [0.15, 0.2) is 5.82 Å². The Bertz CT molecular complexity index is 641. The summed E-state index contributed by atoms with van der Waals surface area (Å²) in [4.78, 5) is 13.3. The van der Waals surface area contributed by atoms with Gasteiger partial charge in [-0.15, -0.1) is 0 Å². The second-order valence-electron chi connectivity index (χ2n) is 5.28. The number of rotatable bonds is 7. The van der Waals surface area contributed by atoms with Gasteiger partial charge in [0, 0.05) is 35.8 Å². The largest absolute Gasteiger partial charge is 0.375 e. The number of pyridine rings is 1. The number of nitrogens with zero attached hydrogens (tertiary/aromatic N) is 3. The van der Waals surface area contributed by atoms with Crippen LogP contribution in [0.25, 0.3) is 11.4 Å². The van der Waals surface area contributed by atoms with Crippen molar-refractivity contribution < 1.29 is 4.74 Å². The smallest absolute Gasteiger partial charge is 0.163 e. The fourth-order valence-electron chi connectivity index (χ4n) is 1.91. The zero-order valence-corrected chi connectivity index (χ0v) is 13.4. The molecule has 0 amide bonds. The molecule has 0 aliphatic heterocycles. The third-order valence-electron chi connectivity index (χ3n) is 3.20. The Labute approximate surface area is 131 Å². The van der Waals surface area contributed by atoms with E-state index in [9.17, 15) is 0 Å². The molecule has 5 heteroatoms. The molecule has 0 spiro atoms. The molecule has 0 unspecified atom stereocenters. The van der Waals surface area contributed by atoms with Crippen molar-refractivity contribution in [2.45, 2.75) is 20.8 Å². The molecule has 2 heterocycles. The SMILES string of the molecule is C=C(C)COCCNc1nc(-c2cccnc2)nc(C)c1C. The van der Waals surface area contributed by atoms with E-state index in [1.165, 1.54) is 0 Å². The fourth-order valence-corrected chi connectivity index (χ4v) is 1.91. The monoisotopic (exact) mass is 298 g/mol. The van der Waals surface area contributed by atoms with Crippen molar-refractivity contribution in [3.63, 3.8) is 0 Å². The summed E-state index contributed by atoms with van der Waals surface area (Å²) in [7, 11) is 0. The number of hydrogen-bond donors (Lipinski definition) is 1. The molecule has 0 saturated carbocycles. The minimum absolute atomic E-state index is 0.588. The van der Waals surface area contributed by atoms with Crippen molar-refractivity contribution in [1.29, 1.82) is 0 Å². The Balaban J connectivity index is 2.07. The second kappa shape index (κ2) is 7.66. The van der Waals surface area contributed by atoms with Crippen LogP contribution < -0.4 is 5.32 Å². The van der Waals surface area contributed by atoms with Crippen LogP contribution in [0, 0.1) is 13.8 Å². The molecule has 2 aromatic heterocycles. The predicted octanol–water partition coefficient (Wildman–Crippen LogP) is 3.16. The molecule has 1 N–H and O–H groups in total. The van der Waals surface area contributed by atoms with E-state index < -0.39 is 0 Å². The van der Waals surface area contributed by atoms with Crippen molar-refractivity contribution in [1.82, 2.24) is 15.0 Å². The van der Waals surface area contributed by atoms with Crippen LogP contribution in [0.5, 0.6) is 0 Å². The lowest BCUT2D eigenvalue weighted by Crippen LogP contribution is -2.13. The molecule has 0 atom stereocenters. The maximum Gasteiger partial charge on any atom is 0.163 e. The van der Waals surface area contributed by atoms with Crippen molar-refractivity contribution in [2.75, 3.05) is 25.1 Å². The summed E-state index contributed by atoms with van der Waals surface area (Å²) in [5.74, 6) is 1.52. The first-order valence-corrected chi connectivity index (χ1v) is 7.29. The molecule has 2 aromatic rings. The lowest BCUT2D eigenvalue weighted by molar-refractivity contribution is 0.167. The van der Waals surface area contributed by atoms with Gasteiger partial charge in [0.1, 0.15) is 5.82 Å². The Morgan fingerprint density at radius 1 is 1.32 bits per heavy atom. The van der Waals surface area contributed by atoms with Gasteiger partial charge in [0.05, 0.1) is 13.2 Å². The summed E-state index contributed by atoms with van der Waals surface area (Å²) in [6.07, 6.45) is 3.51. The van der Waals surface area contributed by atoms with E-state index >= 15 is 0 Å². The van der Waals surface area contributed by atoms with Crippen LogP contribution in [-0.2, 0) is 4.74 Å². The van der Waals surface area contributed by atoms with E-state index in [0.29, 0.717) is 25.6 Å². The number of hydrogen-bond acceptors (Lipinski definition) is 5. The zero-order chi connectivity index (χ0) is 15.9. The molecule has 0 aliphatic rings. The maximum absolute atomic E-state index is 5.49. The number of anilines is 1. The first-order valence-electron chi connectivity index (χ1n) is 7.29. The molecule has 0 aromatic carbocycles. The fraction of sp³-hybridized carbons (Fsp3) is 0.353. The van der Waals surface area contributed by atoms with Crippen molar-refractivity contribution in [3.8, 4) is 11.4 Å². The van der Waals surface area contributed by atoms with E-state index in [4.69, 9.17) is 4.74 Å². The molecule has 5 nitrogen and oxygen atoms in total. The lowest BCUT2D eigenvalue weighted by Gasteiger charge is -2.12. The van der Waals surface area contributed by atoms with Gasteiger partial charge in [-0.3, -0.25) is 4.98 Å². The van der Waals surface area contributed by atoms with Gasteiger partial charge in [-0.1, -0.05) is 12.2 Å². The van der Waals surface area contributed by atoms with Crippen molar-refractivity contribution in [2.24, 2.45) is 0 Å². The highest BCUT2D eigenvalue weighted by molar-refractivity contribution is 5.58. The van der Waals surface area contributed by atoms with Gasteiger partial charge in [-0.05, 0) is 32.9 Å². The summed E-state index contributed by atoms with van der Waals surface area (Å²) in [6, 6.07) is 3.84. The van der Waals surface area contributed by atoms with Crippen LogP contribution in [-0.4, -0.2) is 34.7 Å². The van der Waals surface area contributed by atoms with Gasteiger partial charge in [-0.2, -0.15) is 0 Å². The Hall–Kier alpha value is -2.27. The second-order valence-corrected chi connectivity index (χ2v) is 5.28. The third-order valence-corrected chi connectivity index (χ3v) is 3.20. The van der Waals surface area contributed by atoms with Crippen LogP contribution in [0.4, 0.5) is 5.82 Å². The van der Waals surface area contributed by atoms with Crippen LogP contribution in [0.3, 0.4) is 0 Å². The molecule has 0 fully saturated rings. The normalized spacial score (nSPS) is 10.5. The molecule has 2 rings (SSSR count). The number of nitrogens with one attached hydrogen (secondary N) is 1. The Kier molecular flexibility index (Phi) is 5.61. The van der Waals surface area contributed by atoms with E-state index in [0.717, 1.165) is 28.2 Å². The standard InChI is InChI=1S/C17H22N4O/c1-12(2)11-22-9-8-19-16-13(3)14(4)20-17(21-16)15-6-5-7-18-10-15/h5-7,10H,1,8-9,11H2,2-4H3,(H,19,20,21). The first-order chi connectivity index (χ1) is 10.6. The highest BCUT2D eigenvalue weighted by atomic mass is 16.5. The molecular formula is C17H22N4O.